The van der Waals surface area contributed by atoms with Crippen molar-refractivity contribution in [3.8, 4) is 0 Å². The van der Waals surface area contributed by atoms with Crippen LogP contribution in [0.1, 0.15) is 43.0 Å². The smallest absolute Gasteiger partial charge is 0.185 e. The molecule has 0 spiro atoms. The van der Waals surface area contributed by atoms with Crippen LogP contribution in [-0.2, 0) is 0 Å². The molecule has 0 heterocycles. The lowest BCUT2D eigenvalue weighted by atomic mass is 9.86. The number of carboxylic acid groups (broad SMARTS) is 1. The molecule has 0 unspecified atom stereocenters. The lowest BCUT2D eigenvalue weighted by Crippen LogP contribution is -2.47. The van der Waals surface area contributed by atoms with Crippen molar-refractivity contribution in [1.29, 1.82) is 0 Å². The summed E-state index contributed by atoms with van der Waals surface area (Å²) in [5.74, 6) is -0.557. The van der Waals surface area contributed by atoms with Crippen LogP contribution in [0.15, 0.2) is 24.3 Å². The molecule has 6 heteroatoms. The van der Waals surface area contributed by atoms with E-state index in [0.717, 1.165) is 12.1 Å². The molecule has 2 rings (SSSR count). The Balaban J connectivity index is 1.79. The zero-order chi connectivity index (χ0) is 15.2. The molecule has 0 saturated heterocycles. The van der Waals surface area contributed by atoms with Crippen LogP contribution in [0.4, 0.5) is 5.69 Å². The van der Waals surface area contributed by atoms with Gasteiger partial charge in [0.25, 0.3) is 0 Å². The molecular formula is C15H20N3O2S-. The Labute approximate surface area is 130 Å². The van der Waals surface area contributed by atoms with Gasteiger partial charge in [-0.3, -0.25) is 10.9 Å². The first kappa shape index (κ1) is 15.6. The van der Waals surface area contributed by atoms with E-state index < -0.39 is 5.97 Å². The average molecular weight is 306 g/mol. The molecule has 0 aliphatic heterocycles. The maximum absolute atomic E-state index is 10.7. The summed E-state index contributed by atoms with van der Waals surface area (Å²) in [5, 5.41) is 14.5. The molecule has 0 bridgehead atoms. The predicted octanol–water partition coefficient (Wildman–Crippen LogP) is 1.42. The van der Waals surface area contributed by atoms with E-state index in [1.807, 2.05) is 0 Å². The van der Waals surface area contributed by atoms with E-state index in [1.165, 1.54) is 31.4 Å². The van der Waals surface area contributed by atoms with E-state index in [2.05, 4.69) is 23.1 Å². The van der Waals surface area contributed by atoms with Gasteiger partial charge in [0.2, 0.25) is 0 Å². The summed E-state index contributed by atoms with van der Waals surface area (Å²) in [6, 6.07) is 6.70. The van der Waals surface area contributed by atoms with E-state index in [0.29, 0.717) is 17.1 Å². The molecule has 1 aromatic rings. The number of thiocarbonyl (C=S) groups is 1. The van der Waals surface area contributed by atoms with Crippen molar-refractivity contribution in [2.45, 2.75) is 38.6 Å². The Morgan fingerprint density at radius 2 is 1.90 bits per heavy atom. The summed E-state index contributed by atoms with van der Waals surface area (Å²) in [6.07, 6.45) is 4.91. The standard InChI is InChI=1S/C15H21N3O2S/c1-10-4-2-3-5-13(10)16-15(21)18-17-12-8-6-11(7-9-12)14(19)20/h6-10,13,17H,2-5H2,1H3,(H,19,20)(H2,16,18,21)/p-1/t10-,13+/m1/s1. The largest absolute Gasteiger partial charge is 0.545 e. The quantitative estimate of drug-likeness (QED) is 0.577. The first-order valence-electron chi connectivity index (χ1n) is 7.20. The van der Waals surface area contributed by atoms with Gasteiger partial charge in [-0.25, -0.2) is 0 Å². The molecule has 0 aromatic heterocycles. The molecule has 1 aliphatic carbocycles. The van der Waals surface area contributed by atoms with Gasteiger partial charge in [0, 0.05) is 6.04 Å². The molecule has 5 nitrogen and oxygen atoms in total. The summed E-state index contributed by atoms with van der Waals surface area (Å²) >= 11 is 5.27. The Bertz CT molecular complexity index is 504. The minimum Gasteiger partial charge on any atom is -0.545 e. The fourth-order valence-electron chi connectivity index (χ4n) is 2.55. The molecule has 21 heavy (non-hydrogen) atoms. The molecular weight excluding hydrogens is 286 g/mol. The van der Waals surface area contributed by atoms with Gasteiger partial charge in [-0.05, 0) is 48.7 Å². The molecule has 0 amide bonds. The third kappa shape index (κ3) is 4.60. The highest BCUT2D eigenvalue weighted by Gasteiger charge is 2.21. The van der Waals surface area contributed by atoms with Crippen molar-refractivity contribution in [2.75, 3.05) is 5.43 Å². The number of carbonyl (C=O) groups is 1. The first-order chi connectivity index (χ1) is 10.1. The summed E-state index contributed by atoms with van der Waals surface area (Å²) in [4.78, 5) is 10.7. The number of carbonyl (C=O) groups excluding carboxylic acids is 1. The van der Waals surface area contributed by atoms with Crippen LogP contribution in [0.5, 0.6) is 0 Å². The van der Waals surface area contributed by atoms with Crippen LogP contribution < -0.4 is 21.3 Å². The monoisotopic (exact) mass is 306 g/mol. The van der Waals surface area contributed by atoms with Crippen LogP contribution >= 0.6 is 12.2 Å². The van der Waals surface area contributed by atoms with Gasteiger partial charge < -0.3 is 15.2 Å². The van der Waals surface area contributed by atoms with E-state index >= 15 is 0 Å². The van der Waals surface area contributed by atoms with Gasteiger partial charge in [0.15, 0.2) is 5.11 Å². The Morgan fingerprint density at radius 1 is 1.24 bits per heavy atom. The molecule has 114 valence electrons. The second-order valence-corrected chi connectivity index (χ2v) is 5.86. The number of carboxylic acids is 1. The van der Waals surface area contributed by atoms with Gasteiger partial charge in [0.1, 0.15) is 0 Å². The lowest BCUT2D eigenvalue weighted by Gasteiger charge is -2.30. The van der Waals surface area contributed by atoms with Crippen molar-refractivity contribution in [2.24, 2.45) is 5.92 Å². The summed E-state index contributed by atoms with van der Waals surface area (Å²) in [6.45, 7) is 2.24. The van der Waals surface area contributed by atoms with Crippen molar-refractivity contribution in [1.82, 2.24) is 10.7 Å². The Morgan fingerprint density at radius 3 is 2.52 bits per heavy atom. The topological polar surface area (TPSA) is 76.2 Å². The zero-order valence-electron chi connectivity index (χ0n) is 12.0. The van der Waals surface area contributed by atoms with Crippen molar-refractivity contribution >= 4 is 29.0 Å². The first-order valence-corrected chi connectivity index (χ1v) is 7.61. The third-order valence-electron chi connectivity index (χ3n) is 3.87. The fourth-order valence-corrected chi connectivity index (χ4v) is 2.76. The molecule has 1 fully saturated rings. The summed E-state index contributed by atoms with van der Waals surface area (Å²) in [7, 11) is 0. The normalized spacial score (nSPS) is 21.4. The van der Waals surface area contributed by atoms with Crippen LogP contribution in [0.3, 0.4) is 0 Å². The second-order valence-electron chi connectivity index (χ2n) is 5.46. The highest BCUT2D eigenvalue weighted by atomic mass is 32.1. The van der Waals surface area contributed by atoms with E-state index in [1.54, 1.807) is 12.1 Å². The third-order valence-corrected chi connectivity index (χ3v) is 4.09. The number of aromatic carboxylic acids is 1. The Kier molecular flexibility index (Phi) is 5.38. The number of benzene rings is 1. The summed E-state index contributed by atoms with van der Waals surface area (Å²) in [5.41, 5.74) is 6.76. The van der Waals surface area contributed by atoms with Gasteiger partial charge in [0.05, 0.1) is 11.7 Å². The number of hydrogen-bond donors (Lipinski definition) is 3. The molecule has 2 atom stereocenters. The van der Waals surface area contributed by atoms with Crippen LogP contribution in [0.2, 0.25) is 0 Å². The molecule has 1 saturated carbocycles. The fraction of sp³-hybridized carbons (Fsp3) is 0.467. The van der Waals surface area contributed by atoms with Crippen molar-refractivity contribution < 1.29 is 9.90 Å². The number of anilines is 1. The maximum Gasteiger partial charge on any atom is 0.185 e. The highest BCUT2D eigenvalue weighted by molar-refractivity contribution is 7.80. The van der Waals surface area contributed by atoms with Gasteiger partial charge in [-0.1, -0.05) is 31.9 Å². The predicted molar refractivity (Wildman–Crippen MR) is 84.7 cm³/mol. The van der Waals surface area contributed by atoms with E-state index in [-0.39, 0.29) is 5.56 Å². The van der Waals surface area contributed by atoms with Crippen molar-refractivity contribution in [3.05, 3.63) is 29.8 Å². The molecule has 1 aromatic carbocycles. The van der Waals surface area contributed by atoms with Crippen molar-refractivity contribution in [3.63, 3.8) is 0 Å². The minimum absolute atomic E-state index is 0.150. The van der Waals surface area contributed by atoms with Crippen LogP contribution in [-0.4, -0.2) is 17.1 Å². The summed E-state index contributed by atoms with van der Waals surface area (Å²) < 4.78 is 0. The van der Waals surface area contributed by atoms with E-state index in [9.17, 15) is 9.90 Å². The Hall–Kier alpha value is -1.82. The zero-order valence-corrected chi connectivity index (χ0v) is 12.8. The highest BCUT2D eigenvalue weighted by Crippen LogP contribution is 2.23. The minimum atomic E-state index is -1.18. The molecule has 0 radical (unpaired) electrons. The second kappa shape index (κ2) is 7.26. The SMILES string of the molecule is C[C@@H]1CCCC[C@@H]1NC(=S)NNc1ccc(C(=O)[O-])cc1. The van der Waals surface area contributed by atoms with Crippen LogP contribution in [0, 0.1) is 5.92 Å². The average Bonchev–Trinajstić information content (AvgIpc) is 2.48. The number of rotatable bonds is 4. The maximum atomic E-state index is 10.7. The molecule has 3 N–H and O–H groups in total. The van der Waals surface area contributed by atoms with Gasteiger partial charge in [-0.15, -0.1) is 0 Å². The number of hydrazine groups is 1. The van der Waals surface area contributed by atoms with Gasteiger partial charge in [-0.2, -0.15) is 0 Å². The van der Waals surface area contributed by atoms with Crippen LogP contribution in [0.25, 0.3) is 0 Å². The number of nitrogens with one attached hydrogen (secondary N) is 3. The number of hydrogen-bond acceptors (Lipinski definition) is 4. The van der Waals surface area contributed by atoms with E-state index in [4.69, 9.17) is 12.2 Å². The molecule has 1 aliphatic rings. The lowest BCUT2D eigenvalue weighted by molar-refractivity contribution is -0.255. The van der Waals surface area contributed by atoms with Gasteiger partial charge >= 0.3 is 0 Å².